The van der Waals surface area contributed by atoms with E-state index in [9.17, 15) is 20.0 Å². The van der Waals surface area contributed by atoms with Crippen LogP contribution in [0.2, 0.25) is 0 Å². The van der Waals surface area contributed by atoms with E-state index in [0.717, 1.165) is 4.57 Å². The first kappa shape index (κ1) is 12.8. The molecular formula is C13H12N2O4. The van der Waals surface area contributed by atoms with E-state index in [4.69, 9.17) is 0 Å². The standard InChI is InChI=1S/C13H12N2O4/c1-8-6-12(16)14(13(17)9(8)2)10-4-3-5-11(7-10)15(18)19/h3-7,16H,1-2H3. The molecule has 6 heteroatoms. The normalized spacial score (nSPS) is 10.4. The van der Waals surface area contributed by atoms with E-state index in [0.29, 0.717) is 11.1 Å². The summed E-state index contributed by atoms with van der Waals surface area (Å²) in [5.74, 6) is -0.242. The summed E-state index contributed by atoms with van der Waals surface area (Å²) in [4.78, 5) is 22.3. The van der Waals surface area contributed by atoms with Crippen LogP contribution in [-0.2, 0) is 0 Å². The maximum atomic E-state index is 12.1. The molecule has 0 aliphatic heterocycles. The summed E-state index contributed by atoms with van der Waals surface area (Å²) in [6.45, 7) is 3.36. The van der Waals surface area contributed by atoms with Crippen LogP contribution in [0.25, 0.3) is 5.69 Å². The zero-order chi connectivity index (χ0) is 14.2. The Labute approximate surface area is 108 Å². The number of nitro groups is 1. The Kier molecular flexibility index (Phi) is 3.08. The largest absolute Gasteiger partial charge is 0.494 e. The average molecular weight is 260 g/mol. The third kappa shape index (κ3) is 2.20. The molecule has 1 heterocycles. The highest BCUT2D eigenvalue weighted by Gasteiger charge is 2.13. The highest BCUT2D eigenvalue weighted by Crippen LogP contribution is 2.21. The third-order valence-corrected chi connectivity index (χ3v) is 2.99. The van der Waals surface area contributed by atoms with Crippen molar-refractivity contribution in [1.82, 2.24) is 4.57 Å². The lowest BCUT2D eigenvalue weighted by molar-refractivity contribution is -0.384. The Hall–Kier alpha value is -2.63. The fraction of sp³-hybridized carbons (Fsp3) is 0.154. The minimum Gasteiger partial charge on any atom is -0.494 e. The van der Waals surface area contributed by atoms with Gasteiger partial charge in [-0.2, -0.15) is 0 Å². The van der Waals surface area contributed by atoms with Gasteiger partial charge in [0.2, 0.25) is 0 Å². The lowest BCUT2D eigenvalue weighted by Gasteiger charge is -2.11. The van der Waals surface area contributed by atoms with Crippen molar-refractivity contribution in [3.8, 4) is 11.6 Å². The molecule has 1 N–H and O–H groups in total. The van der Waals surface area contributed by atoms with Crippen LogP contribution in [0.4, 0.5) is 5.69 Å². The first-order valence-electron chi connectivity index (χ1n) is 5.59. The van der Waals surface area contributed by atoms with Crippen molar-refractivity contribution in [2.75, 3.05) is 0 Å². The van der Waals surface area contributed by atoms with Gasteiger partial charge in [-0.05, 0) is 25.5 Å². The van der Waals surface area contributed by atoms with Crippen LogP contribution < -0.4 is 5.56 Å². The van der Waals surface area contributed by atoms with Crippen molar-refractivity contribution in [3.05, 3.63) is 61.9 Å². The van der Waals surface area contributed by atoms with Crippen LogP contribution in [0, 0.1) is 24.0 Å². The summed E-state index contributed by atoms with van der Waals surface area (Å²) in [5, 5.41) is 20.6. The fourth-order valence-corrected chi connectivity index (χ4v) is 1.80. The highest BCUT2D eigenvalue weighted by molar-refractivity contribution is 5.46. The van der Waals surface area contributed by atoms with E-state index < -0.39 is 10.5 Å². The molecule has 0 radical (unpaired) electrons. The molecule has 0 aliphatic carbocycles. The Morgan fingerprint density at radius 2 is 1.95 bits per heavy atom. The number of pyridine rings is 1. The molecule has 98 valence electrons. The van der Waals surface area contributed by atoms with Crippen molar-refractivity contribution in [1.29, 1.82) is 0 Å². The molecule has 0 saturated carbocycles. The number of non-ortho nitro benzene ring substituents is 1. The van der Waals surface area contributed by atoms with Gasteiger partial charge in [0.15, 0.2) is 5.88 Å². The van der Waals surface area contributed by atoms with Crippen LogP contribution >= 0.6 is 0 Å². The molecule has 0 bridgehead atoms. The smallest absolute Gasteiger partial charge is 0.271 e. The molecule has 0 aliphatic rings. The molecule has 1 aromatic carbocycles. The van der Waals surface area contributed by atoms with Gasteiger partial charge in [0.05, 0.1) is 10.6 Å². The second kappa shape index (κ2) is 4.56. The number of nitrogens with zero attached hydrogens (tertiary/aromatic N) is 2. The van der Waals surface area contributed by atoms with E-state index >= 15 is 0 Å². The van der Waals surface area contributed by atoms with Gasteiger partial charge in [0, 0.05) is 23.8 Å². The number of aryl methyl sites for hydroxylation is 1. The second-order valence-corrected chi connectivity index (χ2v) is 4.23. The molecule has 0 saturated heterocycles. The number of rotatable bonds is 2. The highest BCUT2D eigenvalue weighted by atomic mass is 16.6. The van der Waals surface area contributed by atoms with Gasteiger partial charge in [0.1, 0.15) is 0 Å². The summed E-state index contributed by atoms with van der Waals surface area (Å²) >= 11 is 0. The minimum absolute atomic E-state index is 0.137. The van der Waals surface area contributed by atoms with E-state index in [1.54, 1.807) is 13.8 Å². The lowest BCUT2D eigenvalue weighted by Crippen LogP contribution is -2.21. The van der Waals surface area contributed by atoms with Gasteiger partial charge >= 0.3 is 0 Å². The predicted octanol–water partition coefficient (Wildman–Crippen LogP) is 2.07. The lowest BCUT2D eigenvalue weighted by atomic mass is 10.1. The number of aromatic hydroxyl groups is 1. The quantitative estimate of drug-likeness (QED) is 0.661. The summed E-state index contributed by atoms with van der Waals surface area (Å²) < 4.78 is 1.05. The molecule has 6 nitrogen and oxygen atoms in total. The first-order chi connectivity index (χ1) is 8.91. The van der Waals surface area contributed by atoms with Crippen LogP contribution in [0.15, 0.2) is 35.1 Å². The van der Waals surface area contributed by atoms with E-state index in [1.165, 1.54) is 30.3 Å². The Morgan fingerprint density at radius 3 is 2.58 bits per heavy atom. The van der Waals surface area contributed by atoms with Gasteiger partial charge in [-0.15, -0.1) is 0 Å². The maximum absolute atomic E-state index is 12.1. The molecule has 2 aromatic rings. The zero-order valence-corrected chi connectivity index (χ0v) is 10.5. The van der Waals surface area contributed by atoms with Crippen LogP contribution in [0.5, 0.6) is 5.88 Å². The Balaban J connectivity index is 2.73. The molecule has 0 amide bonds. The van der Waals surface area contributed by atoms with E-state index in [-0.39, 0.29) is 17.3 Å². The van der Waals surface area contributed by atoms with Crippen molar-refractivity contribution < 1.29 is 10.0 Å². The van der Waals surface area contributed by atoms with Gasteiger partial charge in [0.25, 0.3) is 11.2 Å². The summed E-state index contributed by atoms with van der Waals surface area (Å²) in [7, 11) is 0. The number of nitro benzene ring substituents is 1. The molecule has 0 spiro atoms. The van der Waals surface area contributed by atoms with Crippen molar-refractivity contribution in [2.45, 2.75) is 13.8 Å². The number of hydrogen-bond donors (Lipinski definition) is 1. The molecule has 0 fully saturated rings. The van der Waals surface area contributed by atoms with Gasteiger partial charge in [-0.1, -0.05) is 6.07 Å². The van der Waals surface area contributed by atoms with Gasteiger partial charge < -0.3 is 5.11 Å². The molecule has 19 heavy (non-hydrogen) atoms. The number of hydrogen-bond acceptors (Lipinski definition) is 4. The van der Waals surface area contributed by atoms with E-state index in [2.05, 4.69) is 0 Å². The molecule has 2 rings (SSSR count). The first-order valence-corrected chi connectivity index (χ1v) is 5.59. The van der Waals surface area contributed by atoms with Crippen molar-refractivity contribution in [2.24, 2.45) is 0 Å². The van der Waals surface area contributed by atoms with Gasteiger partial charge in [-0.25, -0.2) is 4.57 Å². The summed E-state index contributed by atoms with van der Waals surface area (Å²) in [6, 6.07) is 7.02. The van der Waals surface area contributed by atoms with Crippen molar-refractivity contribution in [3.63, 3.8) is 0 Å². The Bertz CT molecular complexity index is 719. The number of benzene rings is 1. The fourth-order valence-electron chi connectivity index (χ4n) is 1.80. The molecule has 1 aromatic heterocycles. The maximum Gasteiger partial charge on any atom is 0.271 e. The third-order valence-electron chi connectivity index (χ3n) is 2.99. The average Bonchev–Trinajstić information content (AvgIpc) is 2.36. The minimum atomic E-state index is -0.549. The topological polar surface area (TPSA) is 85.4 Å². The predicted molar refractivity (Wildman–Crippen MR) is 69.8 cm³/mol. The zero-order valence-electron chi connectivity index (χ0n) is 10.5. The van der Waals surface area contributed by atoms with Crippen LogP contribution in [0.3, 0.4) is 0 Å². The molecule has 0 unspecified atom stereocenters. The summed E-state index contributed by atoms with van der Waals surface area (Å²) in [6.07, 6.45) is 0. The van der Waals surface area contributed by atoms with E-state index in [1.807, 2.05) is 0 Å². The molecule has 0 atom stereocenters. The second-order valence-electron chi connectivity index (χ2n) is 4.23. The van der Waals surface area contributed by atoms with Crippen LogP contribution in [0.1, 0.15) is 11.1 Å². The van der Waals surface area contributed by atoms with Crippen molar-refractivity contribution >= 4 is 5.69 Å². The Morgan fingerprint density at radius 1 is 1.26 bits per heavy atom. The number of aromatic nitrogens is 1. The monoisotopic (exact) mass is 260 g/mol. The molecular weight excluding hydrogens is 248 g/mol. The van der Waals surface area contributed by atoms with Gasteiger partial charge in [-0.3, -0.25) is 14.9 Å². The summed E-state index contributed by atoms with van der Waals surface area (Å²) in [5.41, 5.74) is 0.897. The van der Waals surface area contributed by atoms with Crippen LogP contribution in [-0.4, -0.2) is 14.6 Å². The SMILES string of the molecule is Cc1cc(O)n(-c2cccc([N+](=O)[O-])c2)c(=O)c1C.